The largest absolute Gasteiger partial charge is 0.368 e. The molecule has 1 aliphatic rings. The molecule has 1 fully saturated rings. The number of carbonyl (C=O) groups is 4. The lowest BCUT2D eigenvalue weighted by Crippen LogP contribution is -2.54. The Bertz CT molecular complexity index is 849. The van der Waals surface area contributed by atoms with Crippen molar-refractivity contribution in [1.82, 2.24) is 16.0 Å². The molecule has 4 amide bonds. The average molecular weight is 471 g/mol. The summed E-state index contributed by atoms with van der Waals surface area (Å²) in [6.07, 6.45) is 0.938. The van der Waals surface area contributed by atoms with Crippen molar-refractivity contribution in [3.8, 4) is 0 Å². The van der Waals surface area contributed by atoms with Gasteiger partial charge in [0.1, 0.15) is 12.1 Å². The third kappa shape index (κ3) is 7.11. The molecular weight excluding hydrogens is 443 g/mol. The van der Waals surface area contributed by atoms with E-state index in [1.807, 2.05) is 20.8 Å². The Labute approximate surface area is 191 Å². The van der Waals surface area contributed by atoms with Crippen LogP contribution in [-0.4, -0.2) is 42.3 Å². The molecule has 0 aliphatic carbocycles. The first-order valence-corrected chi connectivity index (χ1v) is 10.8. The fraction of sp³-hybridized carbons (Fsp3) is 0.524. The van der Waals surface area contributed by atoms with Crippen LogP contribution in [0.2, 0.25) is 10.0 Å². The molecule has 31 heavy (non-hydrogen) atoms. The Morgan fingerprint density at radius 2 is 1.77 bits per heavy atom. The highest BCUT2D eigenvalue weighted by Crippen LogP contribution is 2.26. The molecule has 2 rings (SSSR count). The van der Waals surface area contributed by atoms with Crippen molar-refractivity contribution in [3.63, 3.8) is 0 Å². The second-order valence-corrected chi connectivity index (χ2v) is 9.68. The van der Waals surface area contributed by atoms with Gasteiger partial charge in [-0.25, -0.2) is 0 Å². The number of nitrogens with one attached hydrogen (secondary N) is 3. The zero-order chi connectivity index (χ0) is 23.3. The van der Waals surface area contributed by atoms with Gasteiger partial charge in [0.2, 0.25) is 17.7 Å². The van der Waals surface area contributed by atoms with Gasteiger partial charge in [-0.05, 0) is 36.8 Å². The number of benzene rings is 1. The number of carbonyl (C=O) groups excluding carboxylic acids is 4. The molecule has 0 aromatic heterocycles. The van der Waals surface area contributed by atoms with Crippen molar-refractivity contribution < 1.29 is 19.2 Å². The van der Waals surface area contributed by atoms with Gasteiger partial charge in [-0.1, -0.05) is 50.0 Å². The third-order valence-corrected chi connectivity index (χ3v) is 5.60. The SMILES string of the molecule is CC(C)(C)C[C@H](NC(=O)c1c(Cl)cccc1Cl)C(=O)N[C@@H](C[C@@H]1CCNC1=O)C(N)=O. The van der Waals surface area contributed by atoms with E-state index in [-0.39, 0.29) is 39.8 Å². The van der Waals surface area contributed by atoms with Gasteiger partial charge in [-0.3, -0.25) is 19.2 Å². The fourth-order valence-corrected chi connectivity index (χ4v) is 4.01. The monoisotopic (exact) mass is 470 g/mol. The fourth-order valence-electron chi connectivity index (χ4n) is 3.44. The molecule has 10 heteroatoms. The molecule has 8 nitrogen and oxygen atoms in total. The lowest BCUT2D eigenvalue weighted by atomic mass is 9.87. The topological polar surface area (TPSA) is 130 Å². The maximum Gasteiger partial charge on any atom is 0.254 e. The van der Waals surface area contributed by atoms with Crippen molar-refractivity contribution in [2.24, 2.45) is 17.1 Å². The summed E-state index contributed by atoms with van der Waals surface area (Å²) in [6.45, 7) is 6.26. The number of primary amides is 1. The summed E-state index contributed by atoms with van der Waals surface area (Å²) in [5.74, 6) is -2.51. The van der Waals surface area contributed by atoms with Crippen LogP contribution in [0.3, 0.4) is 0 Å². The quantitative estimate of drug-likeness (QED) is 0.462. The molecule has 0 spiro atoms. The highest BCUT2D eigenvalue weighted by molar-refractivity contribution is 6.39. The third-order valence-electron chi connectivity index (χ3n) is 4.97. The van der Waals surface area contributed by atoms with Crippen LogP contribution in [0.15, 0.2) is 18.2 Å². The summed E-state index contributed by atoms with van der Waals surface area (Å²) in [6, 6.07) is 2.65. The summed E-state index contributed by atoms with van der Waals surface area (Å²) in [4.78, 5) is 49.6. The molecule has 5 N–H and O–H groups in total. The molecule has 0 saturated carbocycles. The maximum absolute atomic E-state index is 13.0. The molecule has 1 heterocycles. The van der Waals surface area contributed by atoms with Gasteiger partial charge in [0.15, 0.2) is 0 Å². The molecule has 1 aliphatic heterocycles. The lowest BCUT2D eigenvalue weighted by molar-refractivity contribution is -0.130. The van der Waals surface area contributed by atoms with E-state index in [1.165, 1.54) is 12.1 Å². The molecule has 1 saturated heterocycles. The van der Waals surface area contributed by atoms with E-state index in [2.05, 4.69) is 16.0 Å². The van der Waals surface area contributed by atoms with Crippen LogP contribution in [0.4, 0.5) is 0 Å². The van der Waals surface area contributed by atoms with E-state index in [0.29, 0.717) is 13.0 Å². The number of halogens is 2. The van der Waals surface area contributed by atoms with Crippen LogP contribution in [0.5, 0.6) is 0 Å². The second-order valence-electron chi connectivity index (χ2n) is 8.86. The van der Waals surface area contributed by atoms with Gasteiger partial charge in [0.25, 0.3) is 5.91 Å². The number of rotatable bonds is 8. The minimum atomic E-state index is -1.04. The summed E-state index contributed by atoms with van der Waals surface area (Å²) in [7, 11) is 0. The molecule has 3 atom stereocenters. The number of hydrogen-bond acceptors (Lipinski definition) is 4. The Hall–Kier alpha value is -2.32. The summed E-state index contributed by atoms with van der Waals surface area (Å²) >= 11 is 12.2. The van der Waals surface area contributed by atoms with Crippen molar-refractivity contribution in [2.75, 3.05) is 6.54 Å². The van der Waals surface area contributed by atoms with E-state index in [4.69, 9.17) is 28.9 Å². The summed E-state index contributed by atoms with van der Waals surface area (Å²) in [5, 5.41) is 8.26. The van der Waals surface area contributed by atoms with Gasteiger partial charge in [-0.15, -0.1) is 0 Å². The highest BCUT2D eigenvalue weighted by atomic mass is 35.5. The Kier molecular flexibility index (Phi) is 8.31. The summed E-state index contributed by atoms with van der Waals surface area (Å²) in [5.41, 5.74) is 5.20. The van der Waals surface area contributed by atoms with Crippen molar-refractivity contribution in [3.05, 3.63) is 33.8 Å². The van der Waals surface area contributed by atoms with E-state index in [9.17, 15) is 19.2 Å². The van der Waals surface area contributed by atoms with Crippen LogP contribution < -0.4 is 21.7 Å². The van der Waals surface area contributed by atoms with Gasteiger partial charge >= 0.3 is 0 Å². The Morgan fingerprint density at radius 3 is 2.26 bits per heavy atom. The zero-order valence-electron chi connectivity index (χ0n) is 17.8. The van der Waals surface area contributed by atoms with Crippen LogP contribution in [0, 0.1) is 11.3 Å². The zero-order valence-corrected chi connectivity index (χ0v) is 19.3. The van der Waals surface area contributed by atoms with Crippen molar-refractivity contribution >= 4 is 46.8 Å². The lowest BCUT2D eigenvalue weighted by Gasteiger charge is -2.28. The van der Waals surface area contributed by atoms with Crippen molar-refractivity contribution in [2.45, 2.75) is 52.1 Å². The minimum absolute atomic E-state index is 0.0617. The van der Waals surface area contributed by atoms with E-state index in [0.717, 1.165) is 0 Å². The summed E-state index contributed by atoms with van der Waals surface area (Å²) < 4.78 is 0. The Balaban J connectivity index is 2.19. The molecule has 0 unspecified atom stereocenters. The van der Waals surface area contributed by atoms with E-state index < -0.39 is 35.7 Å². The van der Waals surface area contributed by atoms with Crippen molar-refractivity contribution in [1.29, 1.82) is 0 Å². The highest BCUT2D eigenvalue weighted by Gasteiger charge is 2.33. The number of amides is 4. The molecular formula is C21H28Cl2N4O4. The number of hydrogen-bond donors (Lipinski definition) is 4. The standard InChI is InChI=1S/C21H28Cl2N4O4/c1-21(2,3)10-15(27-20(31)16-12(22)5-4-6-13(16)23)19(30)26-14(17(24)28)9-11-7-8-25-18(11)29/h4-6,11,14-15H,7-10H2,1-3H3,(H2,24,28)(H,25,29)(H,26,30)(H,27,31)/t11-,14-,15-/m0/s1. The molecule has 170 valence electrons. The van der Waals surface area contributed by atoms with Crippen LogP contribution in [-0.2, 0) is 14.4 Å². The van der Waals surface area contributed by atoms with E-state index >= 15 is 0 Å². The van der Waals surface area contributed by atoms with Gasteiger partial charge in [0, 0.05) is 12.5 Å². The smallest absolute Gasteiger partial charge is 0.254 e. The molecule has 1 aromatic rings. The molecule has 1 aromatic carbocycles. The average Bonchev–Trinajstić information content (AvgIpc) is 3.03. The molecule has 0 bridgehead atoms. The minimum Gasteiger partial charge on any atom is -0.368 e. The van der Waals surface area contributed by atoms with Gasteiger partial charge in [0.05, 0.1) is 15.6 Å². The van der Waals surface area contributed by atoms with Crippen LogP contribution in [0.25, 0.3) is 0 Å². The maximum atomic E-state index is 13.0. The van der Waals surface area contributed by atoms with E-state index in [1.54, 1.807) is 6.07 Å². The second kappa shape index (κ2) is 10.3. The first-order chi connectivity index (χ1) is 14.4. The molecule has 0 radical (unpaired) electrons. The van der Waals surface area contributed by atoms with Gasteiger partial charge < -0.3 is 21.7 Å². The first kappa shape index (κ1) is 24.9. The first-order valence-electron chi connectivity index (χ1n) is 10.0. The number of nitrogens with two attached hydrogens (primary N) is 1. The normalized spacial score (nSPS) is 18.1. The predicted molar refractivity (Wildman–Crippen MR) is 119 cm³/mol. The predicted octanol–water partition coefficient (Wildman–Crippen LogP) is 2.02. The van der Waals surface area contributed by atoms with Gasteiger partial charge in [-0.2, -0.15) is 0 Å². The van der Waals surface area contributed by atoms with Crippen LogP contribution in [0.1, 0.15) is 50.4 Å². The Morgan fingerprint density at radius 1 is 1.16 bits per heavy atom. The van der Waals surface area contributed by atoms with Crippen LogP contribution >= 0.6 is 23.2 Å².